The molecule has 5 aromatic carbocycles. The fraction of sp³-hybridized carbons (Fsp3) is 0.0690. The standard InChI is InChI=1S/C29H19N/c1-17-19-8-6-7-13-28(19)30-29-24(17)14-18-15-26-22-11-4-2-9-20(22)21-10-3-5-12-23(21)27(26)16-25(18)29/h2-13,15-16H,14H2,1H3. The predicted octanol–water partition coefficient (Wildman–Crippen LogP) is 7.57. The third-order valence-corrected chi connectivity index (χ3v) is 6.87. The molecule has 1 heterocycles. The second kappa shape index (κ2) is 5.67. The summed E-state index contributed by atoms with van der Waals surface area (Å²) < 4.78 is 0. The van der Waals surface area contributed by atoms with Crippen molar-refractivity contribution in [2.24, 2.45) is 0 Å². The molecule has 1 aliphatic carbocycles. The largest absolute Gasteiger partial charge is 0.247 e. The van der Waals surface area contributed by atoms with Gasteiger partial charge in [-0.3, -0.25) is 0 Å². The zero-order valence-corrected chi connectivity index (χ0v) is 16.7. The van der Waals surface area contributed by atoms with Gasteiger partial charge in [-0.2, -0.15) is 0 Å². The average Bonchev–Trinajstić information content (AvgIpc) is 3.16. The van der Waals surface area contributed by atoms with Gasteiger partial charge in [-0.05, 0) is 74.1 Å². The molecule has 0 spiro atoms. The molecule has 1 aliphatic rings. The molecular weight excluding hydrogens is 362 g/mol. The number of nitrogens with zero attached hydrogens (tertiary/aromatic N) is 1. The van der Waals surface area contributed by atoms with Crippen LogP contribution in [0.1, 0.15) is 16.7 Å². The fourth-order valence-corrected chi connectivity index (χ4v) is 5.41. The van der Waals surface area contributed by atoms with Crippen molar-refractivity contribution in [3.63, 3.8) is 0 Å². The van der Waals surface area contributed by atoms with Crippen molar-refractivity contribution >= 4 is 43.2 Å². The lowest BCUT2D eigenvalue weighted by Crippen LogP contribution is -1.92. The van der Waals surface area contributed by atoms with E-state index in [2.05, 4.69) is 91.9 Å². The summed E-state index contributed by atoms with van der Waals surface area (Å²) in [6, 6.07) is 30.9. The Balaban J connectivity index is 1.65. The zero-order valence-electron chi connectivity index (χ0n) is 16.7. The summed E-state index contributed by atoms with van der Waals surface area (Å²) in [7, 11) is 0. The number of hydrogen-bond acceptors (Lipinski definition) is 1. The molecule has 0 saturated heterocycles. The summed E-state index contributed by atoms with van der Waals surface area (Å²) in [5.41, 5.74) is 7.69. The van der Waals surface area contributed by atoms with E-state index in [0.717, 1.165) is 11.9 Å². The smallest absolute Gasteiger partial charge is 0.0750 e. The van der Waals surface area contributed by atoms with Crippen LogP contribution in [0.5, 0.6) is 0 Å². The summed E-state index contributed by atoms with van der Waals surface area (Å²) in [6.45, 7) is 2.25. The summed E-state index contributed by atoms with van der Waals surface area (Å²) in [4.78, 5) is 5.11. The van der Waals surface area contributed by atoms with Crippen molar-refractivity contribution in [2.45, 2.75) is 13.3 Å². The van der Waals surface area contributed by atoms with Crippen LogP contribution in [0.15, 0.2) is 84.9 Å². The van der Waals surface area contributed by atoms with Crippen LogP contribution in [0.25, 0.3) is 54.5 Å². The fourth-order valence-electron chi connectivity index (χ4n) is 5.41. The minimum atomic E-state index is 0.964. The van der Waals surface area contributed by atoms with Gasteiger partial charge >= 0.3 is 0 Å². The summed E-state index contributed by atoms with van der Waals surface area (Å²) in [5.74, 6) is 0. The second-order valence-electron chi connectivity index (χ2n) is 8.40. The first-order chi connectivity index (χ1) is 14.8. The van der Waals surface area contributed by atoms with Crippen molar-refractivity contribution in [3.8, 4) is 11.3 Å². The van der Waals surface area contributed by atoms with Gasteiger partial charge in [-0.1, -0.05) is 66.7 Å². The van der Waals surface area contributed by atoms with Crippen LogP contribution in [0.3, 0.4) is 0 Å². The Hall–Kier alpha value is -3.71. The lowest BCUT2D eigenvalue weighted by molar-refractivity contribution is 1.21. The maximum Gasteiger partial charge on any atom is 0.0750 e. The lowest BCUT2D eigenvalue weighted by Gasteiger charge is -2.12. The van der Waals surface area contributed by atoms with Crippen molar-refractivity contribution in [2.75, 3.05) is 0 Å². The zero-order chi connectivity index (χ0) is 19.8. The van der Waals surface area contributed by atoms with E-state index >= 15 is 0 Å². The minimum absolute atomic E-state index is 0.964. The molecule has 0 fully saturated rings. The van der Waals surface area contributed by atoms with Gasteiger partial charge < -0.3 is 0 Å². The van der Waals surface area contributed by atoms with Crippen LogP contribution in [0.2, 0.25) is 0 Å². The Labute approximate surface area is 174 Å². The topological polar surface area (TPSA) is 12.9 Å². The van der Waals surface area contributed by atoms with E-state index < -0.39 is 0 Å². The van der Waals surface area contributed by atoms with Gasteiger partial charge in [0.1, 0.15) is 0 Å². The molecule has 0 unspecified atom stereocenters. The first-order valence-electron chi connectivity index (χ1n) is 10.5. The highest BCUT2D eigenvalue weighted by Gasteiger charge is 2.24. The quantitative estimate of drug-likeness (QED) is 0.247. The molecule has 1 aromatic heterocycles. The molecule has 1 heteroatoms. The molecule has 0 atom stereocenters. The highest BCUT2D eigenvalue weighted by Crippen LogP contribution is 2.44. The van der Waals surface area contributed by atoms with Gasteiger partial charge in [0, 0.05) is 17.4 Å². The van der Waals surface area contributed by atoms with E-state index in [4.69, 9.17) is 4.98 Å². The Kier molecular flexibility index (Phi) is 3.05. The number of benzene rings is 5. The molecule has 0 saturated carbocycles. The van der Waals surface area contributed by atoms with Gasteiger partial charge in [0.25, 0.3) is 0 Å². The molecule has 0 amide bonds. The van der Waals surface area contributed by atoms with Gasteiger partial charge in [-0.25, -0.2) is 4.98 Å². The summed E-state index contributed by atoms with van der Waals surface area (Å²) in [5, 5.41) is 9.24. The van der Waals surface area contributed by atoms with Gasteiger partial charge in [0.15, 0.2) is 0 Å². The molecule has 0 radical (unpaired) electrons. The van der Waals surface area contributed by atoms with Crippen molar-refractivity contribution in [1.82, 2.24) is 4.98 Å². The van der Waals surface area contributed by atoms with E-state index in [0.29, 0.717) is 0 Å². The Morgan fingerprint density at radius 1 is 0.600 bits per heavy atom. The molecule has 0 N–H and O–H groups in total. The van der Waals surface area contributed by atoms with Crippen LogP contribution < -0.4 is 0 Å². The number of para-hydroxylation sites is 1. The molecule has 1 nitrogen and oxygen atoms in total. The molecule has 6 aromatic rings. The van der Waals surface area contributed by atoms with Crippen molar-refractivity contribution < 1.29 is 0 Å². The number of hydrogen-bond donors (Lipinski definition) is 0. The number of aromatic nitrogens is 1. The molecular formula is C29H19N. The van der Waals surface area contributed by atoms with Gasteiger partial charge in [0.2, 0.25) is 0 Å². The Morgan fingerprint density at radius 3 is 1.80 bits per heavy atom. The molecule has 30 heavy (non-hydrogen) atoms. The minimum Gasteiger partial charge on any atom is -0.247 e. The van der Waals surface area contributed by atoms with E-state index in [-0.39, 0.29) is 0 Å². The predicted molar refractivity (Wildman–Crippen MR) is 127 cm³/mol. The first-order valence-corrected chi connectivity index (χ1v) is 10.5. The third kappa shape index (κ3) is 1.99. The summed E-state index contributed by atoms with van der Waals surface area (Å²) >= 11 is 0. The van der Waals surface area contributed by atoms with Crippen LogP contribution in [0, 0.1) is 6.92 Å². The Bertz CT molecular complexity index is 1670. The summed E-state index contributed by atoms with van der Waals surface area (Å²) in [6.07, 6.45) is 0.964. The monoisotopic (exact) mass is 381 g/mol. The van der Waals surface area contributed by atoms with Gasteiger partial charge in [-0.15, -0.1) is 0 Å². The second-order valence-corrected chi connectivity index (χ2v) is 8.40. The van der Waals surface area contributed by atoms with Crippen LogP contribution in [-0.4, -0.2) is 4.98 Å². The normalized spacial score (nSPS) is 12.7. The first kappa shape index (κ1) is 16.1. The van der Waals surface area contributed by atoms with Crippen LogP contribution in [0.4, 0.5) is 0 Å². The van der Waals surface area contributed by atoms with Crippen LogP contribution in [-0.2, 0) is 6.42 Å². The highest BCUT2D eigenvalue weighted by atomic mass is 14.7. The van der Waals surface area contributed by atoms with E-state index in [1.54, 1.807) is 0 Å². The third-order valence-electron chi connectivity index (χ3n) is 6.87. The van der Waals surface area contributed by atoms with E-state index in [9.17, 15) is 0 Å². The molecule has 140 valence electrons. The average molecular weight is 381 g/mol. The molecule has 0 bridgehead atoms. The SMILES string of the molecule is Cc1c2c(nc3ccccc13)-c1cc3c4ccccc4c4ccccc4c3cc1C2. The van der Waals surface area contributed by atoms with Crippen molar-refractivity contribution in [3.05, 3.63) is 102 Å². The number of fused-ring (bicyclic) bond motifs is 10. The number of pyridine rings is 1. The Morgan fingerprint density at radius 2 is 1.13 bits per heavy atom. The maximum atomic E-state index is 5.11. The highest BCUT2D eigenvalue weighted by molar-refractivity contribution is 6.26. The molecule has 0 aliphatic heterocycles. The number of rotatable bonds is 0. The lowest BCUT2D eigenvalue weighted by atomic mass is 9.92. The number of aryl methyl sites for hydroxylation is 1. The van der Waals surface area contributed by atoms with Crippen LogP contribution >= 0.6 is 0 Å². The van der Waals surface area contributed by atoms with E-state index in [1.165, 1.54) is 65.7 Å². The maximum absolute atomic E-state index is 5.11. The van der Waals surface area contributed by atoms with Crippen molar-refractivity contribution in [1.29, 1.82) is 0 Å². The van der Waals surface area contributed by atoms with E-state index in [1.807, 2.05) is 0 Å². The molecule has 7 rings (SSSR count). The van der Waals surface area contributed by atoms with Gasteiger partial charge in [0.05, 0.1) is 11.2 Å².